The molecular weight excluding hydrogens is 286 g/mol. The van der Waals surface area contributed by atoms with E-state index in [4.69, 9.17) is 21.4 Å². The standard InChI is InChI=1S/C13H8ClNO5/c14-8-1-3-9(4-2-8)20-10-5-6-11(13(16)17)12(7-10)15(18)19/h1-7H,(H,16,17). The van der Waals surface area contributed by atoms with Crippen molar-refractivity contribution in [2.75, 3.05) is 0 Å². The second-order valence-electron chi connectivity index (χ2n) is 3.80. The smallest absolute Gasteiger partial charge is 0.342 e. The molecule has 0 heterocycles. The van der Waals surface area contributed by atoms with Crippen molar-refractivity contribution in [3.63, 3.8) is 0 Å². The molecule has 20 heavy (non-hydrogen) atoms. The molecule has 2 rings (SSSR count). The van der Waals surface area contributed by atoms with Crippen LogP contribution in [0.25, 0.3) is 0 Å². The third kappa shape index (κ3) is 3.04. The van der Waals surface area contributed by atoms with E-state index in [9.17, 15) is 14.9 Å². The number of ether oxygens (including phenoxy) is 1. The molecule has 6 nitrogen and oxygen atoms in total. The highest BCUT2D eigenvalue weighted by atomic mass is 35.5. The summed E-state index contributed by atoms with van der Waals surface area (Å²) in [7, 11) is 0. The first-order valence-corrected chi connectivity index (χ1v) is 5.80. The summed E-state index contributed by atoms with van der Waals surface area (Å²) < 4.78 is 5.40. The highest BCUT2D eigenvalue weighted by Crippen LogP contribution is 2.28. The van der Waals surface area contributed by atoms with Crippen LogP contribution in [-0.4, -0.2) is 16.0 Å². The van der Waals surface area contributed by atoms with E-state index >= 15 is 0 Å². The second-order valence-corrected chi connectivity index (χ2v) is 4.23. The van der Waals surface area contributed by atoms with E-state index in [-0.39, 0.29) is 5.75 Å². The zero-order valence-corrected chi connectivity index (χ0v) is 10.7. The van der Waals surface area contributed by atoms with Crippen LogP contribution in [0.5, 0.6) is 11.5 Å². The Morgan fingerprint density at radius 3 is 2.30 bits per heavy atom. The predicted molar refractivity (Wildman–Crippen MR) is 71.6 cm³/mol. The van der Waals surface area contributed by atoms with Crippen molar-refractivity contribution in [3.8, 4) is 11.5 Å². The first-order valence-electron chi connectivity index (χ1n) is 5.42. The zero-order chi connectivity index (χ0) is 14.7. The van der Waals surface area contributed by atoms with E-state index in [1.807, 2.05) is 0 Å². The molecule has 0 amide bonds. The van der Waals surface area contributed by atoms with Gasteiger partial charge in [0.2, 0.25) is 0 Å². The minimum atomic E-state index is -1.37. The summed E-state index contributed by atoms with van der Waals surface area (Å²) in [6, 6.07) is 9.96. The molecule has 1 N–H and O–H groups in total. The number of hydrogen-bond donors (Lipinski definition) is 1. The number of rotatable bonds is 4. The Morgan fingerprint density at radius 2 is 1.75 bits per heavy atom. The number of carbonyl (C=O) groups is 1. The quantitative estimate of drug-likeness (QED) is 0.685. The summed E-state index contributed by atoms with van der Waals surface area (Å²) in [5, 5.41) is 20.2. The molecule has 102 valence electrons. The number of carboxylic acids is 1. The number of carboxylic acid groups (broad SMARTS) is 1. The Balaban J connectivity index is 2.34. The number of aromatic carboxylic acids is 1. The Morgan fingerprint density at radius 1 is 1.15 bits per heavy atom. The molecule has 0 fully saturated rings. The molecule has 0 aromatic heterocycles. The van der Waals surface area contributed by atoms with Gasteiger partial charge in [-0.2, -0.15) is 0 Å². The predicted octanol–water partition coefficient (Wildman–Crippen LogP) is 3.74. The Hall–Kier alpha value is -2.60. The van der Waals surface area contributed by atoms with Crippen molar-refractivity contribution in [1.82, 2.24) is 0 Å². The molecule has 2 aromatic rings. The molecule has 0 saturated carbocycles. The maximum Gasteiger partial charge on any atom is 0.342 e. The molecule has 0 bridgehead atoms. The third-order valence-corrected chi connectivity index (χ3v) is 2.70. The fourth-order valence-corrected chi connectivity index (χ4v) is 1.67. The average molecular weight is 294 g/mol. The molecule has 7 heteroatoms. The summed E-state index contributed by atoms with van der Waals surface area (Å²) >= 11 is 5.73. The van der Waals surface area contributed by atoms with Gasteiger partial charge in [0.1, 0.15) is 17.1 Å². The first kappa shape index (κ1) is 13.8. The second kappa shape index (κ2) is 5.58. The minimum Gasteiger partial charge on any atom is -0.477 e. The summed E-state index contributed by atoms with van der Waals surface area (Å²) in [5.41, 5.74) is -0.914. The van der Waals surface area contributed by atoms with Gasteiger partial charge in [-0.25, -0.2) is 4.79 Å². The molecule has 0 aliphatic carbocycles. The topological polar surface area (TPSA) is 89.7 Å². The molecule has 0 aliphatic heterocycles. The molecule has 0 radical (unpaired) electrons. The van der Waals surface area contributed by atoms with Gasteiger partial charge in [-0.3, -0.25) is 10.1 Å². The number of hydrogen-bond acceptors (Lipinski definition) is 4. The van der Waals surface area contributed by atoms with Crippen LogP contribution in [0.15, 0.2) is 42.5 Å². The van der Waals surface area contributed by atoms with E-state index < -0.39 is 22.1 Å². The van der Waals surface area contributed by atoms with Crippen LogP contribution >= 0.6 is 11.6 Å². The maximum atomic E-state index is 10.9. The van der Waals surface area contributed by atoms with Crippen LogP contribution in [0.4, 0.5) is 5.69 Å². The molecule has 2 aromatic carbocycles. The van der Waals surface area contributed by atoms with E-state index in [0.29, 0.717) is 10.8 Å². The lowest BCUT2D eigenvalue weighted by Gasteiger charge is -2.06. The van der Waals surface area contributed by atoms with E-state index in [1.54, 1.807) is 24.3 Å². The normalized spacial score (nSPS) is 10.1. The lowest BCUT2D eigenvalue weighted by Crippen LogP contribution is -2.02. The lowest BCUT2D eigenvalue weighted by molar-refractivity contribution is -0.385. The van der Waals surface area contributed by atoms with Crippen LogP contribution in [0.1, 0.15) is 10.4 Å². The van der Waals surface area contributed by atoms with Crippen LogP contribution in [0.3, 0.4) is 0 Å². The van der Waals surface area contributed by atoms with Crippen LogP contribution in [0.2, 0.25) is 5.02 Å². The fraction of sp³-hybridized carbons (Fsp3) is 0. The first-order chi connectivity index (χ1) is 9.47. The lowest BCUT2D eigenvalue weighted by atomic mass is 10.2. The van der Waals surface area contributed by atoms with Gasteiger partial charge in [0.15, 0.2) is 0 Å². The summed E-state index contributed by atoms with van der Waals surface area (Å²) in [6.45, 7) is 0. The number of nitro benzene ring substituents is 1. The largest absolute Gasteiger partial charge is 0.477 e. The SMILES string of the molecule is O=C(O)c1ccc(Oc2ccc(Cl)cc2)cc1[N+](=O)[O-]. The van der Waals surface area contributed by atoms with Crippen molar-refractivity contribution < 1.29 is 19.6 Å². The molecule has 0 unspecified atom stereocenters. The van der Waals surface area contributed by atoms with Crippen molar-refractivity contribution in [3.05, 3.63) is 63.2 Å². The van der Waals surface area contributed by atoms with Crippen molar-refractivity contribution >= 4 is 23.3 Å². The summed E-state index contributed by atoms with van der Waals surface area (Å²) in [4.78, 5) is 21.0. The van der Waals surface area contributed by atoms with Gasteiger partial charge in [-0.1, -0.05) is 11.6 Å². The molecule has 0 saturated heterocycles. The molecular formula is C13H8ClNO5. The summed E-state index contributed by atoms with van der Waals surface area (Å²) in [5.74, 6) is -0.759. The Labute approximate surface area is 118 Å². The summed E-state index contributed by atoms with van der Waals surface area (Å²) in [6.07, 6.45) is 0. The Kier molecular flexibility index (Phi) is 3.86. The molecule has 0 atom stereocenters. The van der Waals surface area contributed by atoms with Crippen molar-refractivity contribution in [1.29, 1.82) is 0 Å². The maximum absolute atomic E-state index is 10.9. The van der Waals surface area contributed by atoms with E-state index in [2.05, 4.69) is 0 Å². The van der Waals surface area contributed by atoms with Crippen LogP contribution in [-0.2, 0) is 0 Å². The van der Waals surface area contributed by atoms with E-state index in [0.717, 1.165) is 12.1 Å². The molecule has 0 spiro atoms. The Bertz CT molecular complexity index is 669. The van der Waals surface area contributed by atoms with Crippen LogP contribution < -0.4 is 4.74 Å². The van der Waals surface area contributed by atoms with Gasteiger partial charge in [0.05, 0.1) is 11.0 Å². The highest BCUT2D eigenvalue weighted by Gasteiger charge is 2.20. The van der Waals surface area contributed by atoms with Gasteiger partial charge < -0.3 is 9.84 Å². The fourth-order valence-electron chi connectivity index (χ4n) is 1.55. The number of halogens is 1. The van der Waals surface area contributed by atoms with E-state index in [1.165, 1.54) is 6.07 Å². The van der Waals surface area contributed by atoms with Crippen LogP contribution in [0, 0.1) is 10.1 Å². The van der Waals surface area contributed by atoms with Gasteiger partial charge >= 0.3 is 5.97 Å². The highest BCUT2D eigenvalue weighted by molar-refractivity contribution is 6.30. The van der Waals surface area contributed by atoms with Gasteiger partial charge in [-0.05, 0) is 36.4 Å². The number of benzene rings is 2. The number of nitrogens with zero attached hydrogens (tertiary/aromatic N) is 1. The van der Waals surface area contributed by atoms with Crippen molar-refractivity contribution in [2.24, 2.45) is 0 Å². The van der Waals surface area contributed by atoms with Gasteiger partial charge in [-0.15, -0.1) is 0 Å². The van der Waals surface area contributed by atoms with Crippen molar-refractivity contribution in [2.45, 2.75) is 0 Å². The number of nitro groups is 1. The average Bonchev–Trinajstić information content (AvgIpc) is 2.41. The minimum absolute atomic E-state index is 0.170. The molecule has 0 aliphatic rings. The third-order valence-electron chi connectivity index (χ3n) is 2.45. The monoisotopic (exact) mass is 293 g/mol. The zero-order valence-electron chi connectivity index (χ0n) is 9.95. The van der Waals surface area contributed by atoms with Gasteiger partial charge in [0.25, 0.3) is 5.69 Å². The van der Waals surface area contributed by atoms with Gasteiger partial charge in [0, 0.05) is 5.02 Å².